The smallest absolute Gasteiger partial charge is 0.255 e. The normalized spacial score (nSPS) is 18.8. The number of ether oxygens (including phenoxy) is 2. The number of thiazole rings is 1. The summed E-state index contributed by atoms with van der Waals surface area (Å²) in [5.74, 6) is 0.151. The zero-order valence-corrected chi connectivity index (χ0v) is 24.6. The van der Waals surface area contributed by atoms with Gasteiger partial charge in [-0.2, -0.15) is 0 Å². The van der Waals surface area contributed by atoms with E-state index in [1.54, 1.807) is 12.0 Å². The van der Waals surface area contributed by atoms with Gasteiger partial charge in [-0.1, -0.05) is 61.7 Å². The average Bonchev–Trinajstić information content (AvgIpc) is 3.47. The summed E-state index contributed by atoms with van der Waals surface area (Å²) in [7, 11) is 2.99. The second-order valence-electron chi connectivity index (χ2n) is 10.9. The summed E-state index contributed by atoms with van der Waals surface area (Å²) in [5.41, 5.74) is 4.33. The summed E-state index contributed by atoms with van der Waals surface area (Å²) >= 11 is 1.45. The van der Waals surface area contributed by atoms with Gasteiger partial charge in [-0.05, 0) is 42.4 Å². The standard InChI is InChI=1S/C32H39N3O5S/c1-39-26-15-9-7-13-23(26)18-24-20-41-27(34-24)19-33-31(37)30(40-2)29(36)32(38)35-17-16-21-10-6-8-14-25(21)28(35)22-11-4-3-5-12-22/h6-10,13-15,20,22,28-30,36H,3-5,11-12,16-19H2,1-2H3,(H,33,37)/t28?,29-,30-/m1/s1. The van der Waals surface area contributed by atoms with E-state index in [2.05, 4.69) is 22.4 Å². The van der Waals surface area contributed by atoms with Crippen LogP contribution in [-0.2, 0) is 33.7 Å². The molecule has 8 nitrogen and oxygen atoms in total. The van der Waals surface area contributed by atoms with Crippen LogP contribution in [0.5, 0.6) is 5.75 Å². The van der Waals surface area contributed by atoms with Gasteiger partial charge in [0.25, 0.3) is 11.8 Å². The minimum absolute atomic E-state index is 0.0973. The van der Waals surface area contributed by atoms with Crippen molar-refractivity contribution >= 4 is 23.2 Å². The SMILES string of the molecule is COc1ccccc1Cc1csc(CNC(=O)[C@H](OC)[C@@H](O)C(=O)N2CCc3ccccc3C2C2CCCCC2)n1. The molecule has 1 aromatic heterocycles. The molecule has 0 saturated heterocycles. The number of hydrogen-bond donors (Lipinski definition) is 2. The number of amides is 2. The first-order valence-corrected chi connectivity index (χ1v) is 15.3. The highest BCUT2D eigenvalue weighted by atomic mass is 32.1. The van der Waals surface area contributed by atoms with Gasteiger partial charge in [0.2, 0.25) is 0 Å². The molecule has 1 aliphatic carbocycles. The summed E-state index contributed by atoms with van der Waals surface area (Å²) in [5, 5.41) is 16.7. The lowest BCUT2D eigenvalue weighted by molar-refractivity contribution is -0.158. The molecule has 2 aromatic carbocycles. The molecule has 3 aromatic rings. The fourth-order valence-electron chi connectivity index (χ4n) is 6.30. The van der Waals surface area contributed by atoms with Crippen LogP contribution < -0.4 is 10.1 Å². The van der Waals surface area contributed by atoms with Crippen molar-refractivity contribution < 1.29 is 24.2 Å². The Bertz CT molecular complexity index is 1340. The van der Waals surface area contributed by atoms with Gasteiger partial charge < -0.3 is 24.8 Å². The first kappa shape index (κ1) is 29.2. The number of aliphatic hydroxyl groups excluding tert-OH is 1. The van der Waals surface area contributed by atoms with Gasteiger partial charge in [-0.3, -0.25) is 9.59 Å². The fraction of sp³-hybridized carbons (Fsp3) is 0.469. The molecule has 3 atom stereocenters. The molecule has 0 bridgehead atoms. The third kappa shape index (κ3) is 6.63. The monoisotopic (exact) mass is 577 g/mol. The summed E-state index contributed by atoms with van der Waals surface area (Å²) in [4.78, 5) is 33.3. The van der Waals surface area contributed by atoms with E-state index in [1.165, 1.54) is 30.4 Å². The van der Waals surface area contributed by atoms with E-state index in [-0.39, 0.29) is 12.6 Å². The van der Waals surface area contributed by atoms with Crippen molar-refractivity contribution in [3.05, 3.63) is 81.3 Å². The molecule has 0 radical (unpaired) electrons. The number of aromatic nitrogens is 1. The quantitative estimate of drug-likeness (QED) is 0.370. The topological polar surface area (TPSA) is 101 Å². The van der Waals surface area contributed by atoms with Crippen molar-refractivity contribution in [1.29, 1.82) is 0 Å². The van der Waals surface area contributed by atoms with Crippen molar-refractivity contribution in [2.75, 3.05) is 20.8 Å². The number of rotatable bonds is 10. The molecular weight excluding hydrogens is 538 g/mol. The lowest BCUT2D eigenvalue weighted by Gasteiger charge is -2.44. The number of hydrogen-bond acceptors (Lipinski definition) is 7. The Morgan fingerprint density at radius 3 is 2.63 bits per heavy atom. The van der Waals surface area contributed by atoms with Crippen LogP contribution in [0.2, 0.25) is 0 Å². The zero-order valence-electron chi connectivity index (χ0n) is 23.8. The summed E-state index contributed by atoms with van der Waals surface area (Å²) in [6.07, 6.45) is 4.04. The fourth-order valence-corrected chi connectivity index (χ4v) is 7.03. The molecule has 2 amide bonds. The first-order valence-electron chi connectivity index (χ1n) is 14.4. The van der Waals surface area contributed by atoms with Crippen LogP contribution >= 0.6 is 11.3 Å². The van der Waals surface area contributed by atoms with Crippen molar-refractivity contribution in [2.24, 2.45) is 5.92 Å². The second-order valence-corrected chi connectivity index (χ2v) is 11.8. The molecule has 1 saturated carbocycles. The van der Waals surface area contributed by atoms with Crippen molar-refractivity contribution in [2.45, 2.75) is 69.7 Å². The lowest BCUT2D eigenvalue weighted by Crippen LogP contribution is -2.54. The van der Waals surface area contributed by atoms with E-state index in [9.17, 15) is 14.7 Å². The Morgan fingerprint density at radius 1 is 1.10 bits per heavy atom. The molecule has 218 valence electrons. The maximum Gasteiger partial charge on any atom is 0.255 e. The van der Waals surface area contributed by atoms with Crippen LogP contribution in [0.4, 0.5) is 0 Å². The van der Waals surface area contributed by atoms with E-state index in [0.717, 1.165) is 59.7 Å². The van der Waals surface area contributed by atoms with Gasteiger partial charge in [0, 0.05) is 31.0 Å². The predicted octanol–water partition coefficient (Wildman–Crippen LogP) is 4.44. The average molecular weight is 578 g/mol. The second kappa shape index (κ2) is 13.6. The van der Waals surface area contributed by atoms with Crippen LogP contribution in [0.1, 0.15) is 65.5 Å². The maximum atomic E-state index is 13.8. The predicted molar refractivity (Wildman–Crippen MR) is 158 cm³/mol. The first-order chi connectivity index (χ1) is 20.0. The number of nitrogens with one attached hydrogen (secondary N) is 1. The van der Waals surface area contributed by atoms with Crippen LogP contribution in [0, 0.1) is 5.92 Å². The van der Waals surface area contributed by atoms with Gasteiger partial charge >= 0.3 is 0 Å². The van der Waals surface area contributed by atoms with E-state index in [0.29, 0.717) is 18.9 Å². The molecule has 2 heterocycles. The molecule has 2 aliphatic rings. The zero-order chi connectivity index (χ0) is 28.8. The Balaban J connectivity index is 1.24. The van der Waals surface area contributed by atoms with Crippen LogP contribution in [0.15, 0.2) is 53.9 Å². The number of carbonyl (C=O) groups is 2. The minimum atomic E-state index is -1.60. The third-order valence-corrected chi connectivity index (χ3v) is 9.24. The van der Waals surface area contributed by atoms with Crippen molar-refractivity contribution in [3.63, 3.8) is 0 Å². The van der Waals surface area contributed by atoms with Crippen molar-refractivity contribution in [3.8, 4) is 5.75 Å². The van der Waals surface area contributed by atoms with Gasteiger partial charge in [0.1, 0.15) is 10.8 Å². The number of methoxy groups -OCH3 is 2. The Morgan fingerprint density at radius 2 is 1.85 bits per heavy atom. The Labute approximate surface area is 245 Å². The van der Waals surface area contributed by atoms with Gasteiger partial charge in [0.15, 0.2) is 12.2 Å². The largest absolute Gasteiger partial charge is 0.496 e. The molecule has 1 unspecified atom stereocenters. The molecule has 0 spiro atoms. The van der Waals surface area contributed by atoms with E-state index in [4.69, 9.17) is 9.47 Å². The number of benzene rings is 2. The number of para-hydroxylation sites is 1. The summed E-state index contributed by atoms with van der Waals surface area (Å²) in [6.45, 7) is 0.693. The summed E-state index contributed by atoms with van der Waals surface area (Å²) < 4.78 is 10.8. The van der Waals surface area contributed by atoms with Crippen LogP contribution in [-0.4, -0.2) is 59.8 Å². The van der Waals surface area contributed by atoms with Crippen molar-refractivity contribution in [1.82, 2.24) is 15.2 Å². The van der Waals surface area contributed by atoms with Crippen LogP contribution in [0.3, 0.4) is 0 Å². The molecular formula is C32H39N3O5S. The van der Waals surface area contributed by atoms with Gasteiger partial charge in [-0.25, -0.2) is 4.98 Å². The summed E-state index contributed by atoms with van der Waals surface area (Å²) in [6, 6.07) is 16.0. The van der Waals surface area contributed by atoms with Gasteiger partial charge in [-0.15, -0.1) is 11.3 Å². The van der Waals surface area contributed by atoms with E-state index >= 15 is 0 Å². The van der Waals surface area contributed by atoms with Gasteiger partial charge in [0.05, 0.1) is 25.4 Å². The number of aliphatic hydroxyl groups is 1. The maximum absolute atomic E-state index is 13.8. The third-order valence-electron chi connectivity index (χ3n) is 8.34. The Hall–Kier alpha value is -3.27. The highest BCUT2D eigenvalue weighted by Crippen LogP contribution is 2.42. The number of fused-ring (bicyclic) bond motifs is 1. The minimum Gasteiger partial charge on any atom is -0.496 e. The Kier molecular flexibility index (Phi) is 9.69. The lowest BCUT2D eigenvalue weighted by atomic mass is 9.77. The molecule has 1 fully saturated rings. The highest BCUT2D eigenvalue weighted by Gasteiger charge is 2.42. The molecule has 1 aliphatic heterocycles. The molecule has 5 rings (SSSR count). The molecule has 41 heavy (non-hydrogen) atoms. The highest BCUT2D eigenvalue weighted by molar-refractivity contribution is 7.09. The van der Waals surface area contributed by atoms with E-state index in [1.807, 2.05) is 41.8 Å². The molecule has 9 heteroatoms. The van der Waals surface area contributed by atoms with Crippen LogP contribution in [0.25, 0.3) is 0 Å². The number of carbonyl (C=O) groups excluding carboxylic acids is 2. The number of nitrogens with zero attached hydrogens (tertiary/aromatic N) is 2. The molecule has 2 N–H and O–H groups in total. The van der Waals surface area contributed by atoms with E-state index < -0.39 is 24.0 Å².